The minimum absolute atomic E-state index is 0.0574. The summed E-state index contributed by atoms with van der Waals surface area (Å²) in [7, 11) is 3.16. The van der Waals surface area contributed by atoms with Gasteiger partial charge in [0, 0.05) is 6.54 Å². The molecule has 0 radical (unpaired) electrons. The van der Waals surface area contributed by atoms with Crippen LogP contribution in [0.5, 0.6) is 17.2 Å². The molecule has 0 unspecified atom stereocenters. The van der Waals surface area contributed by atoms with E-state index >= 15 is 0 Å². The Morgan fingerprint density at radius 1 is 0.974 bits per heavy atom. The molecule has 204 valence electrons. The Morgan fingerprint density at radius 2 is 1.61 bits per heavy atom. The lowest BCUT2D eigenvalue weighted by Crippen LogP contribution is -2.56. The molecular formula is C30H34F3NO4. The molecular weight excluding hydrogens is 495 g/mol. The molecule has 0 spiro atoms. The summed E-state index contributed by atoms with van der Waals surface area (Å²) in [5, 5.41) is 0. The van der Waals surface area contributed by atoms with Crippen LogP contribution < -0.4 is 14.2 Å². The number of alkyl halides is 3. The minimum atomic E-state index is -4.46. The SMILES string of the molecule is COc1cc2c(cc1OC)[C@@H](COc1cccc(C(F)(F)F)c1)N(C(=O)C13CC4CC(CC(C4)C1)C3)CC2. The summed E-state index contributed by atoms with van der Waals surface area (Å²) < 4.78 is 57.0. The second kappa shape index (κ2) is 9.38. The number of fused-ring (bicyclic) bond motifs is 1. The van der Waals surface area contributed by atoms with E-state index in [0.717, 1.165) is 42.5 Å². The number of benzene rings is 2. The maximum atomic E-state index is 14.4. The van der Waals surface area contributed by atoms with Gasteiger partial charge >= 0.3 is 6.18 Å². The summed E-state index contributed by atoms with van der Waals surface area (Å²) in [4.78, 5) is 16.4. The molecule has 1 aliphatic heterocycles. The molecule has 0 N–H and O–H groups in total. The highest BCUT2D eigenvalue weighted by molar-refractivity contribution is 5.84. The predicted molar refractivity (Wildman–Crippen MR) is 135 cm³/mol. The van der Waals surface area contributed by atoms with Crippen molar-refractivity contribution in [2.45, 2.75) is 57.2 Å². The van der Waals surface area contributed by atoms with Gasteiger partial charge < -0.3 is 19.1 Å². The fourth-order valence-electron chi connectivity index (χ4n) is 8.07. The van der Waals surface area contributed by atoms with Crippen LogP contribution in [-0.2, 0) is 17.4 Å². The lowest BCUT2D eigenvalue weighted by atomic mass is 9.49. The van der Waals surface area contributed by atoms with E-state index in [0.29, 0.717) is 42.2 Å². The maximum Gasteiger partial charge on any atom is 0.416 e. The van der Waals surface area contributed by atoms with Crippen LogP contribution in [0.4, 0.5) is 13.2 Å². The Kier molecular flexibility index (Phi) is 6.27. The van der Waals surface area contributed by atoms with E-state index in [-0.39, 0.29) is 23.7 Å². The van der Waals surface area contributed by atoms with Gasteiger partial charge in [0.2, 0.25) is 5.91 Å². The van der Waals surface area contributed by atoms with E-state index in [1.165, 1.54) is 31.4 Å². The molecule has 2 aromatic carbocycles. The van der Waals surface area contributed by atoms with Gasteiger partial charge in [0.05, 0.1) is 31.2 Å². The zero-order valence-electron chi connectivity index (χ0n) is 21.9. The number of halogens is 3. The molecule has 5 aliphatic rings. The smallest absolute Gasteiger partial charge is 0.416 e. The summed E-state index contributed by atoms with van der Waals surface area (Å²) in [5.41, 5.74) is 0.859. The quantitative estimate of drug-likeness (QED) is 0.432. The van der Waals surface area contributed by atoms with Crippen molar-refractivity contribution in [3.05, 3.63) is 53.1 Å². The van der Waals surface area contributed by atoms with Gasteiger partial charge in [-0.3, -0.25) is 4.79 Å². The third-order valence-electron chi connectivity index (χ3n) is 9.32. The molecule has 4 bridgehead atoms. The highest BCUT2D eigenvalue weighted by atomic mass is 19.4. The first-order valence-corrected chi connectivity index (χ1v) is 13.5. The molecule has 0 saturated heterocycles. The van der Waals surface area contributed by atoms with Crippen LogP contribution in [0.15, 0.2) is 36.4 Å². The number of rotatable bonds is 6. The number of nitrogens with zero attached hydrogens (tertiary/aromatic N) is 1. The Bertz CT molecular complexity index is 1190. The van der Waals surface area contributed by atoms with Gasteiger partial charge in [-0.2, -0.15) is 13.2 Å². The number of carbonyl (C=O) groups is 1. The van der Waals surface area contributed by atoms with Crippen LogP contribution in [0.25, 0.3) is 0 Å². The Labute approximate surface area is 221 Å². The lowest BCUT2D eigenvalue weighted by Gasteiger charge is -2.57. The van der Waals surface area contributed by atoms with Crippen molar-refractivity contribution in [2.24, 2.45) is 23.2 Å². The van der Waals surface area contributed by atoms with Crippen LogP contribution >= 0.6 is 0 Å². The fourth-order valence-corrected chi connectivity index (χ4v) is 8.07. The largest absolute Gasteiger partial charge is 0.493 e. The number of hydrogen-bond donors (Lipinski definition) is 0. The first-order valence-electron chi connectivity index (χ1n) is 13.5. The average molecular weight is 530 g/mol. The topological polar surface area (TPSA) is 48.0 Å². The first-order chi connectivity index (χ1) is 18.2. The van der Waals surface area contributed by atoms with Crippen molar-refractivity contribution in [3.63, 3.8) is 0 Å². The molecule has 0 aromatic heterocycles. The zero-order chi connectivity index (χ0) is 26.7. The van der Waals surface area contributed by atoms with E-state index in [1.54, 1.807) is 14.2 Å². The molecule has 4 saturated carbocycles. The van der Waals surface area contributed by atoms with Crippen molar-refractivity contribution in [3.8, 4) is 17.2 Å². The van der Waals surface area contributed by atoms with Crippen molar-refractivity contribution < 1.29 is 32.2 Å². The van der Waals surface area contributed by atoms with Gasteiger partial charge in [-0.25, -0.2) is 0 Å². The van der Waals surface area contributed by atoms with E-state index in [1.807, 2.05) is 17.0 Å². The minimum Gasteiger partial charge on any atom is -0.493 e. The zero-order valence-corrected chi connectivity index (χ0v) is 21.9. The monoisotopic (exact) mass is 529 g/mol. The number of ether oxygens (including phenoxy) is 3. The maximum absolute atomic E-state index is 14.4. The Balaban J connectivity index is 1.34. The summed E-state index contributed by atoms with van der Waals surface area (Å²) in [5.74, 6) is 3.39. The van der Waals surface area contributed by atoms with Crippen molar-refractivity contribution >= 4 is 5.91 Å². The second-order valence-electron chi connectivity index (χ2n) is 11.7. The van der Waals surface area contributed by atoms with Crippen LogP contribution in [0.3, 0.4) is 0 Å². The molecule has 1 heterocycles. The van der Waals surface area contributed by atoms with E-state index < -0.39 is 17.8 Å². The van der Waals surface area contributed by atoms with Crippen LogP contribution in [0.1, 0.15) is 61.3 Å². The highest BCUT2D eigenvalue weighted by Crippen LogP contribution is 2.61. The van der Waals surface area contributed by atoms with Crippen LogP contribution in [-0.4, -0.2) is 38.2 Å². The van der Waals surface area contributed by atoms with Crippen molar-refractivity contribution in [1.82, 2.24) is 4.90 Å². The lowest BCUT2D eigenvalue weighted by molar-refractivity contribution is -0.161. The molecule has 1 amide bonds. The average Bonchev–Trinajstić information content (AvgIpc) is 2.89. The standard InChI is InChI=1S/C30H34F3NO4/c1-36-26-11-21-6-7-34(28(35)29-14-18-8-19(15-29)10-20(9-18)16-29)25(24(21)13-27(26)37-2)17-38-23-5-3-4-22(12-23)30(31,32)33/h3-5,11-13,18-20,25H,6-10,14-17H2,1-2H3/t18?,19?,20?,25-,29?/m1/s1. The second-order valence-corrected chi connectivity index (χ2v) is 11.7. The number of carbonyl (C=O) groups excluding carboxylic acids is 1. The number of methoxy groups -OCH3 is 2. The van der Waals surface area contributed by atoms with Gasteiger partial charge in [0.15, 0.2) is 11.5 Å². The molecule has 5 nitrogen and oxygen atoms in total. The molecule has 8 heteroatoms. The summed E-state index contributed by atoms with van der Waals surface area (Å²) in [6.45, 7) is 0.599. The van der Waals surface area contributed by atoms with Crippen molar-refractivity contribution in [2.75, 3.05) is 27.4 Å². The molecule has 4 fully saturated rings. The van der Waals surface area contributed by atoms with Gasteiger partial charge in [-0.05, 0) is 104 Å². The van der Waals surface area contributed by atoms with Crippen LogP contribution in [0, 0.1) is 23.2 Å². The number of hydrogen-bond acceptors (Lipinski definition) is 4. The van der Waals surface area contributed by atoms with Gasteiger partial charge in [0.1, 0.15) is 12.4 Å². The fraction of sp³-hybridized carbons (Fsp3) is 0.567. The third kappa shape index (κ3) is 4.39. The third-order valence-corrected chi connectivity index (χ3v) is 9.32. The summed E-state index contributed by atoms with van der Waals surface area (Å²) in [6, 6.07) is 8.32. The molecule has 38 heavy (non-hydrogen) atoms. The first kappa shape index (κ1) is 25.4. The molecule has 4 aliphatic carbocycles. The van der Waals surface area contributed by atoms with Gasteiger partial charge in [0.25, 0.3) is 0 Å². The summed E-state index contributed by atoms with van der Waals surface area (Å²) >= 11 is 0. The summed E-state index contributed by atoms with van der Waals surface area (Å²) in [6.07, 6.45) is 2.81. The van der Waals surface area contributed by atoms with Crippen LogP contribution in [0.2, 0.25) is 0 Å². The Hall–Kier alpha value is -2.90. The van der Waals surface area contributed by atoms with E-state index in [4.69, 9.17) is 14.2 Å². The predicted octanol–water partition coefficient (Wildman–Crippen LogP) is 6.44. The normalized spacial score (nSPS) is 29.7. The van der Waals surface area contributed by atoms with E-state index in [9.17, 15) is 18.0 Å². The van der Waals surface area contributed by atoms with Crippen molar-refractivity contribution in [1.29, 1.82) is 0 Å². The molecule has 1 atom stereocenters. The molecule has 7 rings (SSSR count). The van der Waals surface area contributed by atoms with Gasteiger partial charge in [-0.1, -0.05) is 6.07 Å². The van der Waals surface area contributed by atoms with Gasteiger partial charge in [-0.15, -0.1) is 0 Å². The highest BCUT2D eigenvalue weighted by Gasteiger charge is 2.56. The van der Waals surface area contributed by atoms with E-state index in [2.05, 4.69) is 0 Å². The molecule has 2 aromatic rings. The number of amides is 1. The Morgan fingerprint density at radius 3 is 2.21 bits per heavy atom.